The van der Waals surface area contributed by atoms with Crippen LogP contribution in [0.1, 0.15) is 52.0 Å². The Labute approximate surface area is 194 Å². The molecule has 0 aromatic heterocycles. The topological polar surface area (TPSA) is 159 Å². The maximum absolute atomic E-state index is 12.6. The number of phenolic OH excluding ortho intramolecular Hbond substituents is 2. The Morgan fingerprint density at radius 1 is 1.21 bits per heavy atom. The number of nitro benzene ring substituents is 1. The van der Waals surface area contributed by atoms with Crippen LogP contribution in [0.5, 0.6) is 11.5 Å². The number of ether oxygens (including phenoxy) is 1. The maximum atomic E-state index is 12.6. The molecular formula is C21H27N3O8S. The van der Waals surface area contributed by atoms with E-state index in [1.165, 1.54) is 6.08 Å². The molecule has 1 aliphatic rings. The molecule has 2 rings (SSSR count). The van der Waals surface area contributed by atoms with E-state index in [0.717, 1.165) is 36.3 Å². The lowest BCUT2D eigenvalue weighted by molar-refractivity contribution is -0.386. The van der Waals surface area contributed by atoms with Crippen molar-refractivity contribution >= 4 is 40.8 Å². The molecule has 3 amide bonds. The van der Waals surface area contributed by atoms with E-state index in [-0.39, 0.29) is 17.0 Å². The van der Waals surface area contributed by atoms with Crippen LogP contribution >= 0.6 is 11.8 Å². The number of rotatable bonds is 9. The van der Waals surface area contributed by atoms with Gasteiger partial charge in [-0.25, -0.2) is 4.79 Å². The van der Waals surface area contributed by atoms with Crippen molar-refractivity contribution in [2.45, 2.75) is 52.1 Å². The average molecular weight is 482 g/mol. The number of carbonyl (C=O) groups excluding carboxylic acids is 3. The first-order chi connectivity index (χ1) is 15.4. The van der Waals surface area contributed by atoms with E-state index in [1.807, 2.05) is 0 Å². The van der Waals surface area contributed by atoms with Gasteiger partial charge >= 0.3 is 11.8 Å². The van der Waals surface area contributed by atoms with E-state index in [4.69, 9.17) is 4.74 Å². The quantitative estimate of drug-likeness (QED) is 0.155. The minimum Gasteiger partial charge on any atom is -0.504 e. The van der Waals surface area contributed by atoms with Gasteiger partial charge in [0.15, 0.2) is 5.75 Å². The highest BCUT2D eigenvalue weighted by Gasteiger charge is 2.34. The van der Waals surface area contributed by atoms with Gasteiger partial charge in [0.05, 0.1) is 9.83 Å². The predicted molar refractivity (Wildman–Crippen MR) is 122 cm³/mol. The number of carbonyl (C=O) groups is 3. The van der Waals surface area contributed by atoms with E-state index in [9.17, 15) is 34.7 Å². The Morgan fingerprint density at radius 3 is 2.52 bits per heavy atom. The van der Waals surface area contributed by atoms with Crippen molar-refractivity contribution < 1.29 is 34.3 Å². The average Bonchev–Trinajstić information content (AvgIpc) is 2.95. The molecule has 1 aliphatic heterocycles. The Bertz CT molecular complexity index is 971. The maximum Gasteiger partial charge on any atom is 0.407 e. The fourth-order valence-corrected chi connectivity index (χ4v) is 3.81. The normalized spacial score (nSPS) is 15.2. The predicted octanol–water partition coefficient (Wildman–Crippen LogP) is 4.13. The van der Waals surface area contributed by atoms with Crippen LogP contribution in [0.15, 0.2) is 17.0 Å². The summed E-state index contributed by atoms with van der Waals surface area (Å²) in [5.74, 6) is -2.09. The van der Waals surface area contributed by atoms with Crippen LogP contribution in [-0.2, 0) is 9.53 Å². The first-order valence-corrected chi connectivity index (χ1v) is 11.1. The van der Waals surface area contributed by atoms with Gasteiger partial charge in [-0.15, -0.1) is 0 Å². The van der Waals surface area contributed by atoms with Crippen molar-refractivity contribution in [2.24, 2.45) is 0 Å². The summed E-state index contributed by atoms with van der Waals surface area (Å²) in [6, 6.07) is 2.08. The van der Waals surface area contributed by atoms with E-state index in [0.29, 0.717) is 24.7 Å². The molecule has 0 spiro atoms. The van der Waals surface area contributed by atoms with Crippen LogP contribution in [0.2, 0.25) is 0 Å². The van der Waals surface area contributed by atoms with Gasteiger partial charge in [-0.2, -0.15) is 0 Å². The molecule has 0 saturated carbocycles. The summed E-state index contributed by atoms with van der Waals surface area (Å²) in [4.78, 5) is 47.6. The fourth-order valence-electron chi connectivity index (χ4n) is 2.95. The number of amides is 3. The Morgan fingerprint density at radius 2 is 1.88 bits per heavy atom. The van der Waals surface area contributed by atoms with Crippen LogP contribution in [0, 0.1) is 10.1 Å². The zero-order valence-corrected chi connectivity index (χ0v) is 19.4. The third-order valence-corrected chi connectivity index (χ3v) is 5.34. The minimum atomic E-state index is -0.869. The zero-order chi connectivity index (χ0) is 24.8. The highest BCUT2D eigenvalue weighted by Crippen LogP contribution is 2.38. The van der Waals surface area contributed by atoms with Gasteiger partial charge in [0.1, 0.15) is 5.60 Å². The lowest BCUT2D eigenvalue weighted by Crippen LogP contribution is -2.33. The number of aromatic hydroxyl groups is 2. The van der Waals surface area contributed by atoms with Gasteiger partial charge in [0, 0.05) is 19.2 Å². The fraction of sp³-hybridized carbons (Fsp3) is 0.476. The number of unbranched alkanes of at least 4 members (excludes halogenated alkanes) is 3. The van der Waals surface area contributed by atoms with Gasteiger partial charge in [-0.1, -0.05) is 12.8 Å². The number of hydrogen-bond donors (Lipinski definition) is 3. The molecular weight excluding hydrogens is 454 g/mol. The molecule has 0 unspecified atom stereocenters. The number of benzene rings is 1. The van der Waals surface area contributed by atoms with E-state index in [2.05, 4.69) is 5.32 Å². The molecule has 0 bridgehead atoms. The van der Waals surface area contributed by atoms with Crippen LogP contribution in [0.4, 0.5) is 15.3 Å². The van der Waals surface area contributed by atoms with Crippen molar-refractivity contribution in [2.75, 3.05) is 13.1 Å². The third-order valence-electron chi connectivity index (χ3n) is 4.44. The summed E-state index contributed by atoms with van der Waals surface area (Å²) in [5.41, 5.74) is -1.15. The largest absolute Gasteiger partial charge is 0.504 e. The molecule has 0 radical (unpaired) electrons. The highest BCUT2D eigenvalue weighted by atomic mass is 32.2. The first kappa shape index (κ1) is 26.0. The van der Waals surface area contributed by atoms with E-state index in [1.54, 1.807) is 20.8 Å². The van der Waals surface area contributed by atoms with Crippen LogP contribution in [0.3, 0.4) is 0 Å². The molecule has 3 N–H and O–H groups in total. The van der Waals surface area contributed by atoms with Crippen LogP contribution < -0.4 is 5.32 Å². The standard InChI is InChI=1S/C21H27N3O8S/c1-21(2,3)32-19(28)22-8-6-4-5-7-9-23-18(27)16(33-20(23)29)12-13-10-14(24(30)31)17(26)15(25)11-13/h10-12,25-26H,4-9H2,1-3H3,(H,22,28)/b16-12-. The summed E-state index contributed by atoms with van der Waals surface area (Å²) in [7, 11) is 0. The van der Waals surface area contributed by atoms with Crippen LogP contribution in [0.25, 0.3) is 6.08 Å². The molecule has 33 heavy (non-hydrogen) atoms. The molecule has 0 atom stereocenters. The van der Waals surface area contributed by atoms with Gasteiger partial charge in [0.2, 0.25) is 5.75 Å². The molecule has 12 heteroatoms. The van der Waals surface area contributed by atoms with Gasteiger partial charge in [0.25, 0.3) is 11.1 Å². The lowest BCUT2D eigenvalue weighted by atomic mass is 10.1. The number of phenols is 2. The second-order valence-electron chi connectivity index (χ2n) is 8.34. The second kappa shape index (κ2) is 11.0. The highest BCUT2D eigenvalue weighted by molar-refractivity contribution is 8.18. The summed E-state index contributed by atoms with van der Waals surface area (Å²) >= 11 is 0.704. The van der Waals surface area contributed by atoms with E-state index >= 15 is 0 Å². The molecule has 1 aromatic rings. The zero-order valence-electron chi connectivity index (χ0n) is 18.6. The number of nitrogens with one attached hydrogen (secondary N) is 1. The van der Waals surface area contributed by atoms with Crippen LogP contribution in [-0.4, -0.2) is 56.0 Å². The van der Waals surface area contributed by atoms with Crippen molar-refractivity contribution in [1.29, 1.82) is 0 Å². The van der Waals surface area contributed by atoms with Crippen molar-refractivity contribution in [3.05, 3.63) is 32.7 Å². The summed E-state index contributed by atoms with van der Waals surface area (Å²) in [6.07, 6.45) is 3.64. The molecule has 180 valence electrons. The van der Waals surface area contributed by atoms with Gasteiger partial charge < -0.3 is 20.3 Å². The molecule has 1 fully saturated rings. The molecule has 1 heterocycles. The minimum absolute atomic E-state index is 0.0703. The molecule has 11 nitrogen and oxygen atoms in total. The van der Waals surface area contributed by atoms with Gasteiger partial charge in [-0.05, 0) is 63.1 Å². The Hall–Kier alpha value is -3.28. The summed E-state index contributed by atoms with van der Waals surface area (Å²) in [5, 5.41) is 32.4. The summed E-state index contributed by atoms with van der Waals surface area (Å²) < 4.78 is 5.14. The van der Waals surface area contributed by atoms with Gasteiger partial charge in [-0.3, -0.25) is 24.6 Å². The van der Waals surface area contributed by atoms with Crippen molar-refractivity contribution in [3.63, 3.8) is 0 Å². The molecule has 1 saturated heterocycles. The molecule has 1 aromatic carbocycles. The Balaban J connectivity index is 1.83. The number of imide groups is 1. The number of thioether (sulfide) groups is 1. The number of alkyl carbamates (subject to hydrolysis) is 1. The monoisotopic (exact) mass is 481 g/mol. The number of nitro groups is 1. The second-order valence-corrected chi connectivity index (χ2v) is 9.33. The summed E-state index contributed by atoms with van der Waals surface area (Å²) in [6.45, 7) is 6.04. The Kier molecular flexibility index (Phi) is 8.69. The number of hydrogen-bond acceptors (Lipinski definition) is 9. The smallest absolute Gasteiger partial charge is 0.407 e. The lowest BCUT2D eigenvalue weighted by Gasteiger charge is -2.19. The van der Waals surface area contributed by atoms with Crippen molar-refractivity contribution in [3.8, 4) is 11.5 Å². The van der Waals surface area contributed by atoms with Crippen molar-refractivity contribution in [1.82, 2.24) is 10.2 Å². The first-order valence-electron chi connectivity index (χ1n) is 10.3. The number of nitrogens with zero attached hydrogens (tertiary/aromatic N) is 2. The third kappa shape index (κ3) is 7.67. The van der Waals surface area contributed by atoms with E-state index < -0.39 is 45.0 Å². The SMILES string of the molecule is CC(C)(C)OC(=O)NCCCCCCN1C(=O)S/C(=C\c2cc(O)c(O)c([N+](=O)[O-])c2)C1=O. The molecule has 0 aliphatic carbocycles.